The SMILES string of the molecule is CC(C)(C)OC(=O)CCc1nc2ccncc2c(=O)[nH]1. The van der Waals surface area contributed by atoms with Crippen molar-refractivity contribution in [2.24, 2.45) is 0 Å². The minimum atomic E-state index is -0.507. The zero-order chi connectivity index (χ0) is 14.8. The van der Waals surface area contributed by atoms with Crippen molar-refractivity contribution in [2.45, 2.75) is 39.2 Å². The fourth-order valence-corrected chi connectivity index (χ4v) is 1.76. The lowest BCUT2D eigenvalue weighted by atomic mass is 10.2. The molecule has 0 fully saturated rings. The van der Waals surface area contributed by atoms with Gasteiger partial charge in [-0.05, 0) is 26.8 Å². The van der Waals surface area contributed by atoms with Crippen molar-refractivity contribution in [1.29, 1.82) is 0 Å². The molecule has 0 aliphatic heterocycles. The summed E-state index contributed by atoms with van der Waals surface area (Å²) < 4.78 is 5.21. The summed E-state index contributed by atoms with van der Waals surface area (Å²) in [5, 5.41) is 0.438. The van der Waals surface area contributed by atoms with Crippen molar-refractivity contribution in [2.75, 3.05) is 0 Å². The van der Waals surface area contributed by atoms with E-state index in [4.69, 9.17) is 4.74 Å². The van der Waals surface area contributed by atoms with Gasteiger partial charge in [0.05, 0.1) is 17.3 Å². The number of carbonyl (C=O) groups excluding carboxylic acids is 1. The van der Waals surface area contributed by atoms with E-state index in [0.717, 1.165) is 0 Å². The van der Waals surface area contributed by atoms with E-state index in [1.54, 1.807) is 12.3 Å². The molecule has 0 aromatic carbocycles. The van der Waals surface area contributed by atoms with Gasteiger partial charge in [0.25, 0.3) is 5.56 Å². The third-order valence-electron chi connectivity index (χ3n) is 2.54. The number of fused-ring (bicyclic) bond motifs is 1. The number of esters is 1. The van der Waals surface area contributed by atoms with Crippen LogP contribution in [0, 0.1) is 0 Å². The summed E-state index contributed by atoms with van der Waals surface area (Å²) >= 11 is 0. The lowest BCUT2D eigenvalue weighted by molar-refractivity contribution is -0.154. The summed E-state index contributed by atoms with van der Waals surface area (Å²) in [6.07, 6.45) is 3.56. The molecule has 0 unspecified atom stereocenters. The average molecular weight is 275 g/mol. The summed E-state index contributed by atoms with van der Waals surface area (Å²) in [6, 6.07) is 1.67. The van der Waals surface area contributed by atoms with Crippen LogP contribution in [0.5, 0.6) is 0 Å². The van der Waals surface area contributed by atoms with Crippen LogP contribution in [-0.2, 0) is 16.0 Å². The van der Waals surface area contributed by atoms with Gasteiger partial charge in [-0.25, -0.2) is 4.98 Å². The van der Waals surface area contributed by atoms with E-state index >= 15 is 0 Å². The zero-order valence-corrected chi connectivity index (χ0v) is 11.8. The molecule has 0 atom stereocenters. The quantitative estimate of drug-likeness (QED) is 0.860. The van der Waals surface area contributed by atoms with Crippen molar-refractivity contribution < 1.29 is 9.53 Å². The lowest BCUT2D eigenvalue weighted by Crippen LogP contribution is -2.24. The molecular weight excluding hydrogens is 258 g/mol. The first-order valence-electron chi connectivity index (χ1n) is 6.40. The average Bonchev–Trinajstić information content (AvgIpc) is 2.34. The monoisotopic (exact) mass is 275 g/mol. The second-order valence-corrected chi connectivity index (χ2v) is 5.49. The molecule has 0 radical (unpaired) electrons. The fourth-order valence-electron chi connectivity index (χ4n) is 1.76. The number of aromatic nitrogens is 3. The van der Waals surface area contributed by atoms with Gasteiger partial charge in [-0.15, -0.1) is 0 Å². The number of hydrogen-bond donors (Lipinski definition) is 1. The number of aryl methyl sites for hydroxylation is 1. The first kappa shape index (κ1) is 14.2. The molecule has 0 bridgehead atoms. The van der Waals surface area contributed by atoms with E-state index in [-0.39, 0.29) is 17.9 Å². The maximum Gasteiger partial charge on any atom is 0.306 e. The van der Waals surface area contributed by atoms with Crippen molar-refractivity contribution in [3.63, 3.8) is 0 Å². The van der Waals surface area contributed by atoms with Crippen LogP contribution in [0.1, 0.15) is 33.0 Å². The highest BCUT2D eigenvalue weighted by atomic mass is 16.6. The number of nitrogens with zero attached hydrogens (tertiary/aromatic N) is 2. The van der Waals surface area contributed by atoms with E-state index in [1.165, 1.54) is 6.20 Å². The lowest BCUT2D eigenvalue weighted by Gasteiger charge is -2.19. The number of carbonyl (C=O) groups is 1. The second-order valence-electron chi connectivity index (χ2n) is 5.49. The number of rotatable bonds is 3. The number of aromatic amines is 1. The molecule has 20 heavy (non-hydrogen) atoms. The van der Waals surface area contributed by atoms with Crippen LogP contribution in [0.25, 0.3) is 10.9 Å². The maximum absolute atomic E-state index is 11.8. The summed E-state index contributed by atoms with van der Waals surface area (Å²) in [6.45, 7) is 5.44. The van der Waals surface area contributed by atoms with Gasteiger partial charge >= 0.3 is 5.97 Å². The molecule has 0 saturated heterocycles. The molecule has 0 spiro atoms. The van der Waals surface area contributed by atoms with Gasteiger partial charge in [0.2, 0.25) is 0 Å². The topological polar surface area (TPSA) is 84.9 Å². The van der Waals surface area contributed by atoms with Crippen LogP contribution in [-0.4, -0.2) is 26.5 Å². The minimum Gasteiger partial charge on any atom is -0.460 e. The Morgan fingerprint density at radius 2 is 2.15 bits per heavy atom. The van der Waals surface area contributed by atoms with Gasteiger partial charge in [-0.3, -0.25) is 14.6 Å². The van der Waals surface area contributed by atoms with Crippen LogP contribution in [0.2, 0.25) is 0 Å². The number of pyridine rings is 1. The first-order valence-corrected chi connectivity index (χ1v) is 6.40. The van der Waals surface area contributed by atoms with E-state index in [0.29, 0.717) is 23.1 Å². The largest absolute Gasteiger partial charge is 0.460 e. The van der Waals surface area contributed by atoms with E-state index < -0.39 is 5.60 Å². The molecule has 2 rings (SSSR count). The first-order chi connectivity index (χ1) is 9.35. The Hall–Kier alpha value is -2.24. The van der Waals surface area contributed by atoms with Crippen LogP contribution < -0.4 is 5.56 Å². The number of nitrogens with one attached hydrogen (secondary N) is 1. The van der Waals surface area contributed by atoms with Crippen molar-refractivity contribution in [3.8, 4) is 0 Å². The normalized spacial score (nSPS) is 11.6. The highest BCUT2D eigenvalue weighted by Crippen LogP contribution is 2.10. The molecule has 6 nitrogen and oxygen atoms in total. The number of H-pyrrole nitrogens is 1. The maximum atomic E-state index is 11.8. The van der Waals surface area contributed by atoms with Crippen molar-refractivity contribution >= 4 is 16.9 Å². The molecule has 1 N–H and O–H groups in total. The Morgan fingerprint density at radius 3 is 2.85 bits per heavy atom. The molecule has 0 saturated carbocycles. The Kier molecular flexibility index (Phi) is 3.83. The van der Waals surface area contributed by atoms with E-state index in [2.05, 4.69) is 15.0 Å². The van der Waals surface area contributed by atoms with Crippen LogP contribution in [0.15, 0.2) is 23.3 Å². The molecule has 106 valence electrons. The molecule has 6 heteroatoms. The molecular formula is C14H17N3O3. The predicted molar refractivity (Wildman–Crippen MR) is 74.3 cm³/mol. The standard InChI is InChI=1S/C14H17N3O3/c1-14(2,3)20-12(18)5-4-11-16-10-6-7-15-8-9(10)13(19)17-11/h6-8H,4-5H2,1-3H3,(H,16,17,19). The Morgan fingerprint density at radius 1 is 1.40 bits per heavy atom. The van der Waals surface area contributed by atoms with Crippen molar-refractivity contribution in [1.82, 2.24) is 15.0 Å². The minimum absolute atomic E-state index is 0.177. The fraction of sp³-hybridized carbons (Fsp3) is 0.429. The molecule has 0 aliphatic carbocycles. The van der Waals surface area contributed by atoms with Crippen LogP contribution in [0.4, 0.5) is 0 Å². The molecule has 2 aromatic rings. The van der Waals surface area contributed by atoms with Crippen LogP contribution >= 0.6 is 0 Å². The van der Waals surface area contributed by atoms with E-state index in [1.807, 2.05) is 20.8 Å². The van der Waals surface area contributed by atoms with Gasteiger partial charge in [-0.2, -0.15) is 0 Å². The summed E-state index contributed by atoms with van der Waals surface area (Å²) in [4.78, 5) is 34.3. The van der Waals surface area contributed by atoms with Gasteiger partial charge in [-0.1, -0.05) is 0 Å². The summed E-state index contributed by atoms with van der Waals surface area (Å²) in [7, 11) is 0. The highest BCUT2D eigenvalue weighted by molar-refractivity contribution is 5.76. The Balaban J connectivity index is 2.11. The van der Waals surface area contributed by atoms with E-state index in [9.17, 15) is 9.59 Å². The van der Waals surface area contributed by atoms with Crippen LogP contribution in [0.3, 0.4) is 0 Å². The Bertz CT molecular complexity index is 686. The molecule has 0 aliphatic rings. The van der Waals surface area contributed by atoms with Gasteiger partial charge in [0, 0.05) is 18.8 Å². The molecule has 0 amide bonds. The Labute approximate surface area is 116 Å². The highest BCUT2D eigenvalue weighted by Gasteiger charge is 2.16. The van der Waals surface area contributed by atoms with Gasteiger partial charge in [0.15, 0.2) is 0 Å². The van der Waals surface area contributed by atoms with Gasteiger partial charge < -0.3 is 9.72 Å². The zero-order valence-electron chi connectivity index (χ0n) is 11.8. The number of ether oxygens (including phenoxy) is 1. The third kappa shape index (κ3) is 3.63. The van der Waals surface area contributed by atoms with Crippen molar-refractivity contribution in [3.05, 3.63) is 34.6 Å². The third-order valence-corrected chi connectivity index (χ3v) is 2.54. The second kappa shape index (κ2) is 5.40. The summed E-state index contributed by atoms with van der Waals surface area (Å²) in [5.74, 6) is 0.162. The molecule has 2 heterocycles. The predicted octanol–water partition coefficient (Wildman–Crippen LogP) is 1.59. The molecule has 2 aromatic heterocycles. The number of hydrogen-bond acceptors (Lipinski definition) is 5. The smallest absolute Gasteiger partial charge is 0.306 e. The van der Waals surface area contributed by atoms with Gasteiger partial charge in [0.1, 0.15) is 11.4 Å². The summed E-state index contributed by atoms with van der Waals surface area (Å²) in [5.41, 5.74) is -0.183.